The van der Waals surface area contributed by atoms with Gasteiger partial charge in [-0.1, -0.05) is 18.2 Å². The summed E-state index contributed by atoms with van der Waals surface area (Å²) in [4.78, 5) is 0. The molecule has 52 valence electrons. The van der Waals surface area contributed by atoms with Gasteiger partial charge in [-0.3, -0.25) is 0 Å². The summed E-state index contributed by atoms with van der Waals surface area (Å²) < 4.78 is 5.41. The van der Waals surface area contributed by atoms with E-state index in [1.807, 2.05) is 0 Å². The number of hydrogen-bond acceptors (Lipinski definition) is 1. The van der Waals surface area contributed by atoms with Crippen LogP contribution < -0.4 is 10.0 Å². The second-order valence-electron chi connectivity index (χ2n) is 2.43. The van der Waals surface area contributed by atoms with Crippen LogP contribution in [0.1, 0.15) is 5.56 Å². The molecule has 10 heavy (non-hydrogen) atoms. The molecule has 1 atom stereocenters. The predicted octanol–water partition coefficient (Wildman–Crippen LogP) is 1.12. The molecule has 0 N–H and O–H groups in total. The van der Waals surface area contributed by atoms with Crippen LogP contribution in [0.2, 0.25) is 0 Å². The number of benzene rings is 1. The SMILES string of the molecule is Pc1cccc2c1OCC2. The molecule has 0 saturated carbocycles. The highest BCUT2D eigenvalue weighted by molar-refractivity contribution is 7.27. The lowest BCUT2D eigenvalue weighted by Gasteiger charge is -2.00. The third-order valence-corrected chi connectivity index (χ3v) is 2.20. The Hall–Kier alpha value is -0.550. The van der Waals surface area contributed by atoms with Gasteiger partial charge in [0.15, 0.2) is 0 Å². The maximum atomic E-state index is 5.41. The number of ether oxygens (including phenoxy) is 1. The molecule has 0 spiro atoms. The van der Waals surface area contributed by atoms with Gasteiger partial charge in [0, 0.05) is 11.7 Å². The fourth-order valence-electron chi connectivity index (χ4n) is 1.24. The van der Waals surface area contributed by atoms with E-state index in [1.54, 1.807) is 0 Å². The molecule has 1 aromatic carbocycles. The van der Waals surface area contributed by atoms with Gasteiger partial charge in [0.25, 0.3) is 0 Å². The topological polar surface area (TPSA) is 9.23 Å². The van der Waals surface area contributed by atoms with Crippen molar-refractivity contribution in [2.45, 2.75) is 6.42 Å². The minimum absolute atomic E-state index is 0.848. The molecule has 1 nitrogen and oxygen atoms in total. The van der Waals surface area contributed by atoms with Crippen LogP contribution in [-0.2, 0) is 6.42 Å². The number of fused-ring (bicyclic) bond motifs is 1. The lowest BCUT2D eigenvalue weighted by Crippen LogP contribution is -1.96. The summed E-state index contributed by atoms with van der Waals surface area (Å²) in [6, 6.07) is 6.24. The summed E-state index contributed by atoms with van der Waals surface area (Å²) in [5, 5.41) is 1.18. The summed E-state index contributed by atoms with van der Waals surface area (Å²) in [6.45, 7) is 0.848. The van der Waals surface area contributed by atoms with Crippen LogP contribution in [0, 0.1) is 0 Å². The lowest BCUT2D eigenvalue weighted by molar-refractivity contribution is 0.359. The van der Waals surface area contributed by atoms with Crippen molar-refractivity contribution in [3.63, 3.8) is 0 Å². The fraction of sp³-hybridized carbons (Fsp3) is 0.250. The summed E-state index contributed by atoms with van der Waals surface area (Å²) in [5.74, 6) is 1.08. The molecule has 2 rings (SSSR count). The average molecular weight is 152 g/mol. The van der Waals surface area contributed by atoms with Crippen molar-refractivity contribution in [3.8, 4) is 5.75 Å². The normalized spacial score (nSPS) is 14.5. The van der Waals surface area contributed by atoms with E-state index in [-0.39, 0.29) is 0 Å². The van der Waals surface area contributed by atoms with Crippen LogP contribution in [0.25, 0.3) is 0 Å². The smallest absolute Gasteiger partial charge is 0.129 e. The molecule has 0 bridgehead atoms. The minimum atomic E-state index is 0.848. The van der Waals surface area contributed by atoms with Crippen LogP contribution in [0.4, 0.5) is 0 Å². The van der Waals surface area contributed by atoms with Gasteiger partial charge in [0.1, 0.15) is 5.75 Å². The Morgan fingerprint density at radius 1 is 1.40 bits per heavy atom. The van der Waals surface area contributed by atoms with Crippen molar-refractivity contribution in [1.29, 1.82) is 0 Å². The molecule has 1 aromatic rings. The Balaban J connectivity index is 2.59. The van der Waals surface area contributed by atoms with E-state index < -0.39 is 0 Å². The maximum Gasteiger partial charge on any atom is 0.129 e. The largest absolute Gasteiger partial charge is 0.492 e. The molecule has 1 unspecified atom stereocenters. The standard InChI is InChI=1S/C8H9OP/c10-7-3-1-2-6-4-5-9-8(6)7/h1-3H,4-5,10H2. The first-order valence-corrected chi connectivity index (χ1v) is 3.96. The van der Waals surface area contributed by atoms with Gasteiger partial charge in [0.2, 0.25) is 0 Å². The molecular weight excluding hydrogens is 143 g/mol. The quantitative estimate of drug-likeness (QED) is 0.506. The highest BCUT2D eigenvalue weighted by Gasteiger charge is 2.12. The van der Waals surface area contributed by atoms with E-state index >= 15 is 0 Å². The zero-order valence-corrected chi connectivity index (χ0v) is 6.79. The van der Waals surface area contributed by atoms with E-state index in [9.17, 15) is 0 Å². The zero-order valence-electron chi connectivity index (χ0n) is 5.63. The molecule has 0 radical (unpaired) electrons. The van der Waals surface area contributed by atoms with Crippen LogP contribution in [0.5, 0.6) is 5.75 Å². The van der Waals surface area contributed by atoms with Gasteiger partial charge in [-0.05, 0) is 5.56 Å². The van der Waals surface area contributed by atoms with E-state index in [0.717, 1.165) is 18.8 Å². The monoisotopic (exact) mass is 152 g/mol. The van der Waals surface area contributed by atoms with Gasteiger partial charge in [-0.15, -0.1) is 9.24 Å². The summed E-state index contributed by atoms with van der Waals surface area (Å²) in [5.41, 5.74) is 1.34. The Bertz CT molecular complexity index is 257. The van der Waals surface area contributed by atoms with E-state index in [2.05, 4.69) is 27.4 Å². The highest BCUT2D eigenvalue weighted by atomic mass is 31.0. The predicted molar refractivity (Wildman–Crippen MR) is 45.0 cm³/mol. The molecule has 0 aromatic heterocycles. The molecule has 0 amide bonds. The molecule has 1 heterocycles. The summed E-state index contributed by atoms with van der Waals surface area (Å²) in [7, 11) is 2.68. The van der Waals surface area contributed by atoms with Crippen molar-refractivity contribution in [1.82, 2.24) is 0 Å². The molecule has 2 heteroatoms. The molecular formula is C8H9OP. The molecule has 1 aliphatic heterocycles. The second-order valence-corrected chi connectivity index (χ2v) is 3.06. The van der Waals surface area contributed by atoms with Gasteiger partial charge >= 0.3 is 0 Å². The van der Waals surface area contributed by atoms with Crippen molar-refractivity contribution < 1.29 is 4.74 Å². The van der Waals surface area contributed by atoms with Crippen molar-refractivity contribution >= 4 is 14.5 Å². The van der Waals surface area contributed by atoms with Gasteiger partial charge in [-0.25, -0.2) is 0 Å². The molecule has 0 saturated heterocycles. The number of para-hydroxylation sites is 1. The number of hydrogen-bond donors (Lipinski definition) is 0. The Kier molecular flexibility index (Phi) is 1.39. The Labute approximate surface area is 62.6 Å². The van der Waals surface area contributed by atoms with Gasteiger partial charge in [0.05, 0.1) is 6.61 Å². The third-order valence-electron chi connectivity index (χ3n) is 1.74. The summed E-state index contributed by atoms with van der Waals surface area (Å²) in [6.07, 6.45) is 1.07. The lowest BCUT2D eigenvalue weighted by atomic mass is 10.2. The molecule has 1 aliphatic rings. The van der Waals surface area contributed by atoms with Gasteiger partial charge in [-0.2, -0.15) is 0 Å². The Morgan fingerprint density at radius 2 is 2.30 bits per heavy atom. The molecule has 0 aliphatic carbocycles. The van der Waals surface area contributed by atoms with E-state index in [1.165, 1.54) is 10.9 Å². The number of rotatable bonds is 0. The van der Waals surface area contributed by atoms with E-state index in [0.29, 0.717) is 0 Å². The summed E-state index contributed by atoms with van der Waals surface area (Å²) >= 11 is 0. The van der Waals surface area contributed by atoms with Crippen molar-refractivity contribution in [2.24, 2.45) is 0 Å². The van der Waals surface area contributed by atoms with Crippen LogP contribution in [0.3, 0.4) is 0 Å². The van der Waals surface area contributed by atoms with E-state index in [4.69, 9.17) is 4.74 Å². The maximum absolute atomic E-state index is 5.41. The highest BCUT2D eigenvalue weighted by Crippen LogP contribution is 2.23. The Morgan fingerprint density at radius 3 is 3.10 bits per heavy atom. The van der Waals surface area contributed by atoms with Crippen LogP contribution in [0.15, 0.2) is 18.2 Å². The second kappa shape index (κ2) is 2.25. The van der Waals surface area contributed by atoms with Crippen molar-refractivity contribution in [3.05, 3.63) is 23.8 Å². The first kappa shape index (κ1) is 6.18. The molecule has 0 fully saturated rings. The third kappa shape index (κ3) is 0.819. The minimum Gasteiger partial charge on any atom is -0.492 e. The van der Waals surface area contributed by atoms with Crippen molar-refractivity contribution in [2.75, 3.05) is 6.61 Å². The average Bonchev–Trinajstić information content (AvgIpc) is 2.36. The van der Waals surface area contributed by atoms with Crippen LogP contribution >= 0.6 is 9.24 Å². The first-order valence-electron chi connectivity index (χ1n) is 3.38. The van der Waals surface area contributed by atoms with Gasteiger partial charge < -0.3 is 4.74 Å². The zero-order chi connectivity index (χ0) is 6.97. The first-order chi connectivity index (χ1) is 4.88. The van der Waals surface area contributed by atoms with Crippen LogP contribution in [-0.4, -0.2) is 6.61 Å². The fourth-order valence-corrected chi connectivity index (χ4v) is 1.62.